The maximum absolute atomic E-state index is 12.6. The first-order valence-corrected chi connectivity index (χ1v) is 12.1. The largest absolute Gasteiger partial charge is 0.390 e. The van der Waals surface area contributed by atoms with E-state index in [0.717, 1.165) is 37.7 Å². The minimum Gasteiger partial charge on any atom is -0.390 e. The van der Waals surface area contributed by atoms with E-state index >= 15 is 0 Å². The van der Waals surface area contributed by atoms with E-state index in [9.17, 15) is 19.1 Å². The van der Waals surface area contributed by atoms with E-state index in [1.165, 1.54) is 11.1 Å². The summed E-state index contributed by atoms with van der Waals surface area (Å²) in [5.41, 5.74) is 4.65. The molecule has 1 N–H and O–H groups in total. The predicted molar refractivity (Wildman–Crippen MR) is 136 cm³/mol. The molecule has 0 bridgehead atoms. The normalized spacial score (nSPS) is 18.4. The molecule has 0 saturated carbocycles. The third-order valence-corrected chi connectivity index (χ3v) is 6.67. The number of hydrogen-bond donors (Lipinski definition) is 1. The highest BCUT2D eigenvalue weighted by molar-refractivity contribution is 6.24. The Balaban J connectivity index is 2.47. The number of alkyl halides is 1. The van der Waals surface area contributed by atoms with Crippen molar-refractivity contribution in [3.63, 3.8) is 0 Å². The average molecular weight is 459 g/mol. The Morgan fingerprint density at radius 1 is 0.788 bits per heavy atom. The summed E-state index contributed by atoms with van der Waals surface area (Å²) in [5, 5.41) is 10.8. The zero-order chi connectivity index (χ0) is 25.2. The molecule has 1 aliphatic carbocycles. The van der Waals surface area contributed by atoms with E-state index in [0.29, 0.717) is 41.6 Å². The SMILES string of the molecule is CC1=C(C)C(=O)C(CC[C@](C)(O)CC/C=C(\C)CC/C=C(\C)CC/C=C(/C)CF)=C(C)C1=O. The lowest BCUT2D eigenvalue weighted by Gasteiger charge is -2.25. The highest BCUT2D eigenvalue weighted by Crippen LogP contribution is 2.30. The molecule has 0 heterocycles. The quantitative estimate of drug-likeness (QED) is 0.230. The van der Waals surface area contributed by atoms with Gasteiger partial charge in [-0.15, -0.1) is 0 Å². The highest BCUT2D eigenvalue weighted by atomic mass is 19.1. The van der Waals surface area contributed by atoms with E-state index in [1.54, 1.807) is 27.7 Å². The molecule has 0 saturated heterocycles. The number of carbonyl (C=O) groups excluding carboxylic acids is 2. The van der Waals surface area contributed by atoms with E-state index < -0.39 is 5.60 Å². The van der Waals surface area contributed by atoms with Gasteiger partial charge in [-0.1, -0.05) is 29.4 Å². The number of carbonyl (C=O) groups is 2. The Morgan fingerprint density at radius 2 is 1.27 bits per heavy atom. The number of ketones is 2. The van der Waals surface area contributed by atoms with Crippen LogP contribution < -0.4 is 0 Å². The van der Waals surface area contributed by atoms with E-state index in [2.05, 4.69) is 26.0 Å². The van der Waals surface area contributed by atoms with Crippen LogP contribution in [0.4, 0.5) is 4.39 Å². The van der Waals surface area contributed by atoms with Gasteiger partial charge in [0.05, 0.1) is 5.60 Å². The summed E-state index contributed by atoms with van der Waals surface area (Å²) in [7, 11) is 0. The van der Waals surface area contributed by atoms with Crippen molar-refractivity contribution >= 4 is 11.6 Å². The lowest BCUT2D eigenvalue weighted by molar-refractivity contribution is -0.116. The fourth-order valence-corrected chi connectivity index (χ4v) is 3.96. The first-order valence-electron chi connectivity index (χ1n) is 12.1. The maximum atomic E-state index is 12.6. The molecule has 4 heteroatoms. The third-order valence-electron chi connectivity index (χ3n) is 6.67. The summed E-state index contributed by atoms with van der Waals surface area (Å²) in [6, 6.07) is 0. The predicted octanol–water partition coefficient (Wildman–Crippen LogP) is 7.47. The standard InChI is InChI=1S/C29H43FO3/c1-20(13-9-14-22(3)19-30)11-8-12-21(2)15-10-17-29(7,33)18-16-26-25(6)27(31)23(4)24(5)28(26)32/h11,14-15,33H,8-10,12-13,16-19H2,1-7H3/b20-11+,21-15+,22-14-/t29-/m1/s1. The molecule has 1 atom stereocenters. The van der Waals surface area contributed by atoms with Crippen molar-refractivity contribution in [3.8, 4) is 0 Å². The van der Waals surface area contributed by atoms with Crippen molar-refractivity contribution in [2.75, 3.05) is 6.67 Å². The van der Waals surface area contributed by atoms with Gasteiger partial charge in [0.15, 0.2) is 11.6 Å². The molecular weight excluding hydrogens is 415 g/mol. The van der Waals surface area contributed by atoms with Crippen LogP contribution in [0.15, 0.2) is 57.2 Å². The summed E-state index contributed by atoms with van der Waals surface area (Å²) < 4.78 is 12.4. The summed E-state index contributed by atoms with van der Waals surface area (Å²) in [6.07, 6.45) is 12.5. The number of rotatable bonds is 13. The van der Waals surface area contributed by atoms with Gasteiger partial charge in [-0.2, -0.15) is 0 Å². The van der Waals surface area contributed by atoms with Crippen LogP contribution in [-0.2, 0) is 9.59 Å². The molecule has 0 fully saturated rings. The zero-order valence-corrected chi connectivity index (χ0v) is 21.7. The maximum Gasteiger partial charge on any atom is 0.185 e. The molecule has 0 spiro atoms. The molecular formula is C29H43FO3. The van der Waals surface area contributed by atoms with Gasteiger partial charge in [-0.3, -0.25) is 9.59 Å². The fraction of sp³-hybridized carbons (Fsp3) is 0.586. The molecule has 33 heavy (non-hydrogen) atoms. The summed E-state index contributed by atoms with van der Waals surface area (Å²) >= 11 is 0. The first kappa shape index (κ1) is 29.0. The minimum absolute atomic E-state index is 0.0593. The van der Waals surface area contributed by atoms with Crippen molar-refractivity contribution in [2.24, 2.45) is 0 Å². The molecule has 0 amide bonds. The molecule has 0 aliphatic heterocycles. The smallest absolute Gasteiger partial charge is 0.185 e. The molecule has 3 nitrogen and oxygen atoms in total. The van der Waals surface area contributed by atoms with Gasteiger partial charge < -0.3 is 5.11 Å². The topological polar surface area (TPSA) is 54.4 Å². The van der Waals surface area contributed by atoms with Crippen LogP contribution in [0.2, 0.25) is 0 Å². The Morgan fingerprint density at radius 3 is 1.82 bits per heavy atom. The van der Waals surface area contributed by atoms with Crippen LogP contribution in [0.5, 0.6) is 0 Å². The summed E-state index contributed by atoms with van der Waals surface area (Å²) in [5.74, 6) is -0.121. The second-order valence-corrected chi connectivity index (χ2v) is 9.91. The number of allylic oxidation sites excluding steroid dienone is 10. The van der Waals surface area contributed by atoms with Crippen LogP contribution >= 0.6 is 0 Å². The number of Topliss-reactive ketones (excluding diaryl/α,β-unsaturated/α-hetero) is 2. The van der Waals surface area contributed by atoms with Crippen LogP contribution in [0.1, 0.15) is 99.8 Å². The lowest BCUT2D eigenvalue weighted by atomic mass is 9.82. The molecule has 184 valence electrons. The van der Waals surface area contributed by atoms with Crippen molar-refractivity contribution in [1.29, 1.82) is 0 Å². The molecule has 0 radical (unpaired) electrons. The van der Waals surface area contributed by atoms with E-state index in [4.69, 9.17) is 0 Å². The number of halogens is 1. The molecule has 0 aromatic rings. The second kappa shape index (κ2) is 13.6. The van der Waals surface area contributed by atoms with Gasteiger partial charge in [0.1, 0.15) is 6.67 Å². The van der Waals surface area contributed by atoms with Crippen molar-refractivity contribution in [2.45, 2.75) is 105 Å². The lowest BCUT2D eigenvalue weighted by Crippen LogP contribution is -2.26. The van der Waals surface area contributed by atoms with E-state index in [1.807, 2.05) is 13.0 Å². The van der Waals surface area contributed by atoms with Crippen molar-refractivity contribution in [3.05, 3.63) is 57.2 Å². The second-order valence-electron chi connectivity index (χ2n) is 9.91. The molecule has 1 aliphatic rings. The van der Waals surface area contributed by atoms with Gasteiger partial charge in [0.2, 0.25) is 0 Å². The van der Waals surface area contributed by atoms with Gasteiger partial charge in [-0.25, -0.2) is 4.39 Å². The van der Waals surface area contributed by atoms with Crippen LogP contribution in [-0.4, -0.2) is 28.9 Å². The first-order chi connectivity index (χ1) is 15.4. The van der Waals surface area contributed by atoms with Crippen LogP contribution in [0.3, 0.4) is 0 Å². The minimum atomic E-state index is -0.890. The molecule has 0 aromatic carbocycles. The number of hydrogen-bond acceptors (Lipinski definition) is 3. The van der Waals surface area contributed by atoms with Crippen molar-refractivity contribution < 1.29 is 19.1 Å². The average Bonchev–Trinajstić information content (AvgIpc) is 2.76. The van der Waals surface area contributed by atoms with Crippen molar-refractivity contribution in [1.82, 2.24) is 0 Å². The van der Waals surface area contributed by atoms with Crippen LogP contribution in [0.25, 0.3) is 0 Å². The van der Waals surface area contributed by atoms with Gasteiger partial charge in [0, 0.05) is 22.3 Å². The summed E-state index contributed by atoms with van der Waals surface area (Å²) in [6.45, 7) is 12.6. The Kier molecular flexibility index (Phi) is 11.9. The molecule has 0 unspecified atom stereocenters. The van der Waals surface area contributed by atoms with Gasteiger partial charge in [-0.05, 0) is 105 Å². The molecule has 0 aromatic heterocycles. The Labute approximate surface area is 200 Å². The van der Waals surface area contributed by atoms with Gasteiger partial charge in [0.25, 0.3) is 0 Å². The third kappa shape index (κ3) is 9.75. The monoisotopic (exact) mass is 458 g/mol. The Hall–Kier alpha value is -2.07. The van der Waals surface area contributed by atoms with Gasteiger partial charge >= 0.3 is 0 Å². The van der Waals surface area contributed by atoms with Crippen LogP contribution in [0, 0.1) is 0 Å². The zero-order valence-electron chi connectivity index (χ0n) is 21.7. The number of aliphatic hydroxyl groups is 1. The highest BCUT2D eigenvalue weighted by Gasteiger charge is 2.29. The Bertz CT molecular complexity index is 879. The summed E-state index contributed by atoms with van der Waals surface area (Å²) in [4.78, 5) is 24.9. The van der Waals surface area contributed by atoms with E-state index in [-0.39, 0.29) is 18.2 Å². The molecule has 1 rings (SSSR count). The fourth-order valence-electron chi connectivity index (χ4n) is 3.96.